The van der Waals surface area contributed by atoms with E-state index in [4.69, 9.17) is 37.6 Å². The first-order chi connectivity index (χ1) is 18.7. The molecule has 1 unspecified atom stereocenters. The minimum Gasteiger partial charge on any atom is -0.494 e. The van der Waals surface area contributed by atoms with Crippen molar-refractivity contribution in [3.05, 3.63) is 76.7 Å². The van der Waals surface area contributed by atoms with Crippen molar-refractivity contribution in [2.75, 3.05) is 36.9 Å². The largest absolute Gasteiger partial charge is 0.494 e. The second-order valence-corrected chi connectivity index (χ2v) is 9.95. The Hall–Kier alpha value is -4.28. The maximum absolute atomic E-state index is 14.2. The number of methoxy groups -OCH3 is 2. The highest BCUT2D eigenvalue weighted by Crippen LogP contribution is 2.47. The van der Waals surface area contributed by atoms with Gasteiger partial charge in [0.1, 0.15) is 17.6 Å². The fourth-order valence-electron chi connectivity index (χ4n) is 5.07. The van der Waals surface area contributed by atoms with Crippen molar-refractivity contribution >= 4 is 34.6 Å². The number of amides is 1. The van der Waals surface area contributed by atoms with E-state index in [2.05, 4.69) is 9.55 Å². The van der Waals surface area contributed by atoms with Gasteiger partial charge in [0.15, 0.2) is 5.69 Å². The second kappa shape index (κ2) is 10.1. The van der Waals surface area contributed by atoms with Gasteiger partial charge in [-0.05, 0) is 49.7 Å². The molecule has 4 N–H and O–H groups in total. The van der Waals surface area contributed by atoms with Crippen LogP contribution in [0.5, 0.6) is 11.6 Å². The molecule has 3 heterocycles. The number of carbonyl (C=O) groups excluding carboxylic acids is 1. The zero-order valence-electron chi connectivity index (χ0n) is 22.3. The fraction of sp³-hybridized carbons (Fsp3) is 0.250. The molecule has 1 aliphatic heterocycles. The summed E-state index contributed by atoms with van der Waals surface area (Å²) < 4.78 is 13.1. The zero-order valence-corrected chi connectivity index (χ0v) is 23.1. The summed E-state index contributed by atoms with van der Waals surface area (Å²) in [7, 11) is 4.76. The minimum atomic E-state index is -0.527. The van der Waals surface area contributed by atoms with Crippen molar-refractivity contribution in [3.8, 4) is 23.0 Å². The molecule has 0 fully saturated rings. The van der Waals surface area contributed by atoms with E-state index >= 15 is 0 Å². The summed E-state index contributed by atoms with van der Waals surface area (Å²) in [5.74, 6) is 7.24. The number of nitrogens with two attached hydrogens (primary N) is 2. The number of hydrazine groups is 1. The summed E-state index contributed by atoms with van der Waals surface area (Å²) in [4.78, 5) is 25.2. The first kappa shape index (κ1) is 26.3. The van der Waals surface area contributed by atoms with Crippen LogP contribution < -0.4 is 31.0 Å². The van der Waals surface area contributed by atoms with E-state index in [1.807, 2.05) is 38.1 Å². The maximum Gasteiger partial charge on any atom is 0.279 e. The van der Waals surface area contributed by atoms with Crippen LogP contribution in [0.15, 0.2) is 54.7 Å². The number of hydrogen-bond donors (Lipinski definition) is 2. The molecule has 2 aromatic carbocycles. The SMILES string of the molecule is COc1cc(N2C(=O)c3nc(-c4cccnc4OC)n(C(C)C)c3C2c2ccc(Cl)cc2)cc(N(C)N)c1N. The molecule has 0 radical (unpaired) electrons. The van der Waals surface area contributed by atoms with Crippen molar-refractivity contribution in [2.24, 2.45) is 5.84 Å². The number of rotatable bonds is 7. The molecule has 5 rings (SSSR count). The Balaban J connectivity index is 1.79. The van der Waals surface area contributed by atoms with Crippen molar-refractivity contribution in [1.29, 1.82) is 0 Å². The molecular weight excluding hydrogens is 518 g/mol. The number of nitrogen functional groups attached to an aromatic ring is 1. The summed E-state index contributed by atoms with van der Waals surface area (Å²) >= 11 is 6.24. The summed E-state index contributed by atoms with van der Waals surface area (Å²) in [6, 6.07) is 14.1. The van der Waals surface area contributed by atoms with Gasteiger partial charge in [-0.2, -0.15) is 0 Å². The van der Waals surface area contributed by atoms with E-state index in [0.717, 1.165) is 11.3 Å². The number of pyridine rings is 1. The van der Waals surface area contributed by atoms with Gasteiger partial charge in [-0.25, -0.2) is 15.8 Å². The molecule has 0 aliphatic carbocycles. The number of fused-ring (bicyclic) bond motifs is 1. The molecule has 0 saturated heterocycles. The van der Waals surface area contributed by atoms with Crippen LogP contribution in [0.1, 0.15) is 47.7 Å². The Morgan fingerprint density at radius 2 is 1.82 bits per heavy atom. The zero-order chi connectivity index (χ0) is 28.0. The van der Waals surface area contributed by atoms with Gasteiger partial charge in [-0.1, -0.05) is 23.7 Å². The van der Waals surface area contributed by atoms with Crippen molar-refractivity contribution in [1.82, 2.24) is 14.5 Å². The lowest BCUT2D eigenvalue weighted by molar-refractivity contribution is 0.0989. The van der Waals surface area contributed by atoms with Gasteiger partial charge in [0.2, 0.25) is 5.88 Å². The van der Waals surface area contributed by atoms with Gasteiger partial charge in [0, 0.05) is 30.4 Å². The lowest BCUT2D eigenvalue weighted by Crippen LogP contribution is -2.31. The minimum absolute atomic E-state index is 0.0459. The predicted molar refractivity (Wildman–Crippen MR) is 152 cm³/mol. The number of benzene rings is 2. The summed E-state index contributed by atoms with van der Waals surface area (Å²) in [5.41, 5.74) is 10.4. The fourth-order valence-corrected chi connectivity index (χ4v) is 5.20. The van der Waals surface area contributed by atoms with Crippen molar-refractivity contribution in [3.63, 3.8) is 0 Å². The molecule has 1 atom stereocenters. The van der Waals surface area contributed by atoms with Gasteiger partial charge < -0.3 is 24.8 Å². The molecule has 1 amide bonds. The summed E-state index contributed by atoms with van der Waals surface area (Å²) in [6.07, 6.45) is 1.66. The van der Waals surface area contributed by atoms with Crippen LogP contribution >= 0.6 is 11.6 Å². The summed E-state index contributed by atoms with van der Waals surface area (Å²) in [6.45, 7) is 4.10. The molecule has 10 nitrogen and oxygen atoms in total. The van der Waals surface area contributed by atoms with E-state index < -0.39 is 6.04 Å². The normalized spacial score (nSPS) is 14.6. The Bertz CT molecular complexity index is 1550. The average Bonchev–Trinajstić information content (AvgIpc) is 3.44. The molecular formula is C28H30ClN7O3. The third kappa shape index (κ3) is 4.31. The van der Waals surface area contributed by atoms with Crippen LogP contribution in [-0.2, 0) is 0 Å². The van der Waals surface area contributed by atoms with Crippen LogP contribution in [0.25, 0.3) is 11.4 Å². The number of ether oxygens (including phenoxy) is 2. The topological polar surface area (TPSA) is 125 Å². The highest BCUT2D eigenvalue weighted by molar-refractivity contribution is 6.30. The first-order valence-corrected chi connectivity index (χ1v) is 12.7. The summed E-state index contributed by atoms with van der Waals surface area (Å²) in [5, 5.41) is 1.99. The molecule has 11 heteroatoms. The average molecular weight is 548 g/mol. The molecule has 0 spiro atoms. The lowest BCUT2D eigenvalue weighted by Gasteiger charge is -2.30. The number of hydrogen-bond acceptors (Lipinski definition) is 8. The smallest absolute Gasteiger partial charge is 0.279 e. The van der Waals surface area contributed by atoms with Crippen molar-refractivity contribution in [2.45, 2.75) is 25.9 Å². The van der Waals surface area contributed by atoms with Crippen LogP contribution in [0, 0.1) is 0 Å². The highest BCUT2D eigenvalue weighted by atomic mass is 35.5. The van der Waals surface area contributed by atoms with E-state index in [-0.39, 0.29) is 11.9 Å². The van der Waals surface area contributed by atoms with Crippen LogP contribution in [0.3, 0.4) is 0 Å². The molecule has 4 aromatic rings. The molecule has 39 heavy (non-hydrogen) atoms. The highest BCUT2D eigenvalue weighted by Gasteiger charge is 2.45. The number of carbonyl (C=O) groups is 1. The number of halogens is 1. The number of imidazole rings is 1. The van der Waals surface area contributed by atoms with E-state index in [1.54, 1.807) is 49.5 Å². The van der Waals surface area contributed by atoms with Gasteiger partial charge in [-0.3, -0.25) is 9.69 Å². The number of aromatic nitrogens is 3. The Kier molecular flexibility index (Phi) is 6.83. The molecule has 1 aliphatic rings. The van der Waals surface area contributed by atoms with Crippen molar-refractivity contribution < 1.29 is 14.3 Å². The molecule has 0 bridgehead atoms. The third-order valence-electron chi connectivity index (χ3n) is 6.78. The lowest BCUT2D eigenvalue weighted by atomic mass is 10.0. The second-order valence-electron chi connectivity index (χ2n) is 9.51. The Labute approximate surface area is 231 Å². The number of nitrogens with zero attached hydrogens (tertiary/aromatic N) is 5. The van der Waals surface area contributed by atoms with E-state index in [0.29, 0.717) is 50.8 Å². The van der Waals surface area contributed by atoms with Crippen LogP contribution in [-0.4, -0.2) is 41.7 Å². The molecule has 2 aromatic heterocycles. The van der Waals surface area contributed by atoms with E-state index in [1.165, 1.54) is 12.1 Å². The Morgan fingerprint density at radius 3 is 2.44 bits per heavy atom. The van der Waals surface area contributed by atoms with Gasteiger partial charge >= 0.3 is 0 Å². The van der Waals surface area contributed by atoms with Gasteiger partial charge in [0.25, 0.3) is 5.91 Å². The monoisotopic (exact) mass is 547 g/mol. The van der Waals surface area contributed by atoms with Gasteiger partial charge in [0.05, 0.1) is 42.5 Å². The van der Waals surface area contributed by atoms with Crippen LogP contribution in [0.2, 0.25) is 5.02 Å². The van der Waals surface area contributed by atoms with E-state index in [9.17, 15) is 4.79 Å². The Morgan fingerprint density at radius 1 is 1.10 bits per heavy atom. The quantitative estimate of drug-likeness (QED) is 0.191. The standard InChI is InChI=1S/C28H30ClN7O3/c1-15(2)35-25-23(33-26(35)19-7-6-12-32-27(19)39-5)28(37)36(24(25)16-8-10-17(29)11-9-16)18-13-20(34(3)31)22(30)21(14-18)38-4/h6-15,24H,30-31H2,1-5H3. The van der Waals surface area contributed by atoms with Crippen LogP contribution in [0.4, 0.5) is 17.1 Å². The first-order valence-electron chi connectivity index (χ1n) is 12.3. The molecule has 202 valence electrons. The number of anilines is 3. The maximum atomic E-state index is 14.2. The predicted octanol–water partition coefficient (Wildman–Crippen LogP) is 4.84. The molecule has 0 saturated carbocycles. The third-order valence-corrected chi connectivity index (χ3v) is 7.03. The van der Waals surface area contributed by atoms with Gasteiger partial charge in [-0.15, -0.1) is 0 Å².